The molecule has 33 heavy (non-hydrogen) atoms. The summed E-state index contributed by atoms with van der Waals surface area (Å²) in [5, 5.41) is 4.03. The number of Topliss-reactive ketones (excluding diaryl/α,β-unsaturated/α-hetero) is 1. The second kappa shape index (κ2) is 9.48. The number of hydrogen-bond donors (Lipinski definition) is 2. The van der Waals surface area contributed by atoms with E-state index >= 15 is 0 Å². The van der Waals surface area contributed by atoms with Gasteiger partial charge in [-0.3, -0.25) is 9.59 Å². The van der Waals surface area contributed by atoms with Crippen molar-refractivity contribution in [1.29, 1.82) is 0 Å². The van der Waals surface area contributed by atoms with Gasteiger partial charge in [-0.05, 0) is 60.0 Å². The molecule has 7 nitrogen and oxygen atoms in total. The van der Waals surface area contributed by atoms with Gasteiger partial charge in [0.05, 0.1) is 18.2 Å². The first-order valence-corrected chi connectivity index (χ1v) is 10.5. The molecule has 7 heteroatoms. The summed E-state index contributed by atoms with van der Waals surface area (Å²) in [6.45, 7) is 2.49. The van der Waals surface area contributed by atoms with Crippen molar-refractivity contribution in [2.45, 2.75) is 19.9 Å². The molecule has 0 aliphatic heterocycles. The van der Waals surface area contributed by atoms with E-state index in [9.17, 15) is 9.59 Å². The van der Waals surface area contributed by atoms with Crippen LogP contribution in [0.3, 0.4) is 0 Å². The lowest BCUT2D eigenvalue weighted by atomic mass is 9.97. The van der Waals surface area contributed by atoms with Crippen molar-refractivity contribution in [3.8, 4) is 5.75 Å². The second-order valence-corrected chi connectivity index (χ2v) is 7.73. The second-order valence-electron chi connectivity index (χ2n) is 7.73. The van der Waals surface area contributed by atoms with Gasteiger partial charge in [0.1, 0.15) is 17.9 Å². The molecule has 1 heterocycles. The van der Waals surface area contributed by atoms with E-state index in [1.807, 2.05) is 31.2 Å². The van der Waals surface area contributed by atoms with Gasteiger partial charge in [0.15, 0.2) is 5.78 Å². The fourth-order valence-electron chi connectivity index (χ4n) is 3.69. The number of aromatic nitrogens is 2. The maximum absolute atomic E-state index is 12.8. The minimum atomic E-state index is -0.532. The van der Waals surface area contributed by atoms with Gasteiger partial charge in [-0.15, -0.1) is 0 Å². The Hall–Kier alpha value is -4.26. The van der Waals surface area contributed by atoms with E-state index in [-0.39, 0.29) is 5.78 Å². The lowest BCUT2D eigenvalue weighted by Crippen LogP contribution is -2.12. The Morgan fingerprint density at radius 3 is 2.55 bits per heavy atom. The summed E-state index contributed by atoms with van der Waals surface area (Å²) in [6, 6.07) is 18.4. The van der Waals surface area contributed by atoms with Gasteiger partial charge >= 0.3 is 0 Å². The minimum Gasteiger partial charge on any atom is -0.497 e. The zero-order chi connectivity index (χ0) is 23.4. The number of fused-ring (bicyclic) bond motifs is 1. The number of methoxy groups -OCH3 is 1. The highest BCUT2D eigenvalue weighted by Crippen LogP contribution is 2.23. The molecular formula is C26H24N4O3. The van der Waals surface area contributed by atoms with Gasteiger partial charge in [-0.2, -0.15) is 0 Å². The molecule has 0 saturated heterocycles. The molecule has 0 saturated carbocycles. The predicted molar refractivity (Wildman–Crippen MR) is 128 cm³/mol. The fourth-order valence-corrected chi connectivity index (χ4v) is 3.69. The van der Waals surface area contributed by atoms with Crippen LogP contribution < -0.4 is 15.8 Å². The molecular weight excluding hydrogens is 416 g/mol. The first kappa shape index (κ1) is 22.0. The van der Waals surface area contributed by atoms with Gasteiger partial charge in [0, 0.05) is 23.9 Å². The average molecular weight is 441 g/mol. The summed E-state index contributed by atoms with van der Waals surface area (Å²) in [5.41, 5.74) is 10.0. The Morgan fingerprint density at radius 2 is 1.82 bits per heavy atom. The van der Waals surface area contributed by atoms with Crippen molar-refractivity contribution < 1.29 is 14.3 Å². The van der Waals surface area contributed by atoms with Crippen molar-refractivity contribution in [2.24, 2.45) is 5.73 Å². The normalized spacial score (nSPS) is 10.7. The van der Waals surface area contributed by atoms with E-state index in [1.54, 1.807) is 43.5 Å². The third-order valence-corrected chi connectivity index (χ3v) is 5.57. The monoisotopic (exact) mass is 440 g/mol. The highest BCUT2D eigenvalue weighted by Gasteiger charge is 2.12. The van der Waals surface area contributed by atoms with Crippen LogP contribution in [0.15, 0.2) is 67.0 Å². The largest absolute Gasteiger partial charge is 0.497 e. The molecule has 0 atom stereocenters. The zero-order valence-corrected chi connectivity index (χ0v) is 18.5. The first-order chi connectivity index (χ1) is 16.0. The highest BCUT2D eigenvalue weighted by atomic mass is 16.5. The predicted octanol–water partition coefficient (Wildman–Crippen LogP) is 4.08. The zero-order valence-electron chi connectivity index (χ0n) is 18.5. The van der Waals surface area contributed by atoms with Gasteiger partial charge in [-0.25, -0.2) is 9.97 Å². The Kier molecular flexibility index (Phi) is 6.31. The van der Waals surface area contributed by atoms with E-state index in [4.69, 9.17) is 10.5 Å². The summed E-state index contributed by atoms with van der Waals surface area (Å²) < 4.78 is 5.16. The van der Waals surface area contributed by atoms with Crippen LogP contribution in [-0.4, -0.2) is 28.8 Å². The number of primary amides is 1. The molecule has 0 aliphatic rings. The van der Waals surface area contributed by atoms with Crippen LogP contribution >= 0.6 is 0 Å². The molecule has 0 spiro atoms. The van der Waals surface area contributed by atoms with Crippen LogP contribution in [0.25, 0.3) is 10.9 Å². The molecule has 1 amide bonds. The topological polar surface area (TPSA) is 107 Å². The van der Waals surface area contributed by atoms with E-state index in [0.717, 1.165) is 27.8 Å². The number of nitrogens with two attached hydrogens (primary N) is 1. The van der Waals surface area contributed by atoms with Gasteiger partial charge < -0.3 is 15.8 Å². The molecule has 1 aromatic heterocycles. The van der Waals surface area contributed by atoms with E-state index in [0.29, 0.717) is 35.4 Å². The van der Waals surface area contributed by atoms with Crippen LogP contribution in [0.1, 0.15) is 37.4 Å². The number of nitrogens with one attached hydrogen (secondary N) is 1. The smallest absolute Gasteiger partial charge is 0.250 e. The summed E-state index contributed by atoms with van der Waals surface area (Å²) in [4.78, 5) is 33.0. The van der Waals surface area contributed by atoms with Crippen LogP contribution in [0.5, 0.6) is 5.75 Å². The molecule has 0 bridgehead atoms. The van der Waals surface area contributed by atoms with E-state index in [1.165, 1.54) is 6.33 Å². The molecule has 3 N–H and O–H groups in total. The number of anilines is 1. The fraction of sp³-hybridized carbons (Fsp3) is 0.154. The standard InChI is InChI=1S/C26H24N4O3/c1-16-6-7-17(12-19(16)13-23(31)18-8-10-20(33-2)11-9-18)14-28-26-22-5-3-4-21(25(27)32)24(22)29-15-30-26/h3-12,15H,13-14H2,1-2H3,(H2,27,32)(H,28,29,30). The molecule has 166 valence electrons. The van der Waals surface area contributed by atoms with Gasteiger partial charge in [-0.1, -0.05) is 24.3 Å². The van der Waals surface area contributed by atoms with Crippen molar-refractivity contribution in [2.75, 3.05) is 12.4 Å². The summed E-state index contributed by atoms with van der Waals surface area (Å²) in [7, 11) is 1.60. The molecule has 4 aromatic rings. The van der Waals surface area contributed by atoms with Crippen LogP contribution in [0.2, 0.25) is 0 Å². The quantitative estimate of drug-likeness (QED) is 0.400. The maximum atomic E-state index is 12.8. The first-order valence-electron chi connectivity index (χ1n) is 10.5. The minimum absolute atomic E-state index is 0.0478. The Bertz CT molecular complexity index is 1330. The number of rotatable bonds is 8. The Labute approximate surface area is 191 Å². The summed E-state index contributed by atoms with van der Waals surface area (Å²) in [6.07, 6.45) is 1.72. The number of benzene rings is 3. The molecule has 3 aromatic carbocycles. The van der Waals surface area contributed by atoms with Gasteiger partial charge in [0.25, 0.3) is 5.91 Å². The van der Waals surface area contributed by atoms with E-state index in [2.05, 4.69) is 15.3 Å². The number of ketones is 1. The van der Waals surface area contributed by atoms with Crippen molar-refractivity contribution >= 4 is 28.4 Å². The number of ether oxygens (including phenoxy) is 1. The number of aryl methyl sites for hydroxylation is 1. The van der Waals surface area contributed by atoms with Crippen LogP contribution in [-0.2, 0) is 13.0 Å². The third kappa shape index (κ3) is 4.82. The highest BCUT2D eigenvalue weighted by molar-refractivity contribution is 6.06. The average Bonchev–Trinajstić information content (AvgIpc) is 2.84. The van der Waals surface area contributed by atoms with Crippen molar-refractivity contribution in [3.63, 3.8) is 0 Å². The number of nitrogens with zero attached hydrogens (tertiary/aromatic N) is 2. The van der Waals surface area contributed by atoms with Crippen LogP contribution in [0.4, 0.5) is 5.82 Å². The van der Waals surface area contributed by atoms with Gasteiger partial charge in [0.2, 0.25) is 0 Å². The maximum Gasteiger partial charge on any atom is 0.250 e. The lowest BCUT2D eigenvalue weighted by Gasteiger charge is -2.12. The van der Waals surface area contributed by atoms with Crippen molar-refractivity contribution in [1.82, 2.24) is 9.97 Å². The number of para-hydroxylation sites is 1. The Morgan fingerprint density at radius 1 is 1.03 bits per heavy atom. The number of carbonyl (C=O) groups is 2. The number of amides is 1. The molecule has 0 aliphatic carbocycles. The van der Waals surface area contributed by atoms with Crippen molar-refractivity contribution in [3.05, 3.63) is 94.8 Å². The Balaban J connectivity index is 1.52. The van der Waals surface area contributed by atoms with Crippen LogP contribution in [0, 0.1) is 6.92 Å². The number of hydrogen-bond acceptors (Lipinski definition) is 6. The molecule has 0 radical (unpaired) electrons. The molecule has 4 rings (SSSR count). The molecule has 0 unspecified atom stereocenters. The lowest BCUT2D eigenvalue weighted by molar-refractivity contribution is 0.0987. The van der Waals surface area contributed by atoms with E-state index < -0.39 is 5.91 Å². The summed E-state index contributed by atoms with van der Waals surface area (Å²) in [5.74, 6) is 0.845. The SMILES string of the molecule is COc1ccc(C(=O)Cc2cc(CNc3ncnc4c(C(N)=O)cccc34)ccc2C)cc1. The third-order valence-electron chi connectivity index (χ3n) is 5.57. The molecule has 0 fully saturated rings. The summed E-state index contributed by atoms with van der Waals surface area (Å²) >= 11 is 0. The number of carbonyl (C=O) groups excluding carboxylic acids is 2.